The highest BCUT2D eigenvalue weighted by molar-refractivity contribution is 6.30. The van der Waals surface area contributed by atoms with Crippen LogP contribution in [0.4, 0.5) is 0 Å². The molecule has 3 aromatic rings. The zero-order valence-corrected chi connectivity index (χ0v) is 15.8. The molecule has 7 nitrogen and oxygen atoms in total. The maximum Gasteiger partial charge on any atom is 0.276 e. The third kappa shape index (κ3) is 4.29. The molecule has 26 heavy (non-hydrogen) atoms. The van der Waals surface area contributed by atoms with Crippen LogP contribution in [0.15, 0.2) is 42.9 Å². The summed E-state index contributed by atoms with van der Waals surface area (Å²) in [5.41, 5.74) is 2.34. The third-order valence-corrected chi connectivity index (χ3v) is 4.26. The summed E-state index contributed by atoms with van der Waals surface area (Å²) in [6.45, 7) is 4.97. The second-order valence-corrected chi connectivity index (χ2v) is 6.91. The molecule has 0 radical (unpaired) electrons. The molecule has 0 aliphatic rings. The molecule has 0 aliphatic heterocycles. The monoisotopic (exact) mass is 372 g/mol. The van der Waals surface area contributed by atoms with Crippen LogP contribution in [0.5, 0.6) is 0 Å². The van der Waals surface area contributed by atoms with Crippen molar-refractivity contribution >= 4 is 17.5 Å². The van der Waals surface area contributed by atoms with Gasteiger partial charge in [-0.15, -0.1) is 5.10 Å². The fourth-order valence-electron chi connectivity index (χ4n) is 2.64. The van der Waals surface area contributed by atoms with E-state index in [-0.39, 0.29) is 11.9 Å². The van der Waals surface area contributed by atoms with E-state index >= 15 is 0 Å². The second kappa shape index (κ2) is 7.70. The summed E-state index contributed by atoms with van der Waals surface area (Å²) >= 11 is 5.90. The van der Waals surface area contributed by atoms with Gasteiger partial charge in [0.25, 0.3) is 5.91 Å². The molecule has 0 fully saturated rings. The molecule has 2 heterocycles. The van der Waals surface area contributed by atoms with Crippen molar-refractivity contribution in [1.29, 1.82) is 0 Å². The molecule has 0 bridgehead atoms. The fourth-order valence-corrected chi connectivity index (χ4v) is 2.76. The number of halogens is 1. The van der Waals surface area contributed by atoms with Crippen molar-refractivity contribution in [3.63, 3.8) is 0 Å². The lowest BCUT2D eigenvalue weighted by Crippen LogP contribution is -2.36. The Bertz CT molecular complexity index is 883. The number of amides is 1. The van der Waals surface area contributed by atoms with Crippen molar-refractivity contribution in [1.82, 2.24) is 29.7 Å². The number of aryl methyl sites for hydroxylation is 1. The van der Waals surface area contributed by atoms with E-state index in [0.29, 0.717) is 23.8 Å². The van der Waals surface area contributed by atoms with Gasteiger partial charge in [0.1, 0.15) is 0 Å². The van der Waals surface area contributed by atoms with Crippen LogP contribution in [0.25, 0.3) is 0 Å². The van der Waals surface area contributed by atoms with Gasteiger partial charge in [0, 0.05) is 36.4 Å². The van der Waals surface area contributed by atoms with Crippen LogP contribution in [0.2, 0.25) is 5.02 Å². The van der Waals surface area contributed by atoms with Gasteiger partial charge in [0.05, 0.1) is 18.9 Å². The van der Waals surface area contributed by atoms with Crippen LogP contribution < -0.4 is 0 Å². The van der Waals surface area contributed by atoms with Crippen LogP contribution in [-0.4, -0.2) is 41.6 Å². The molecule has 1 aromatic carbocycles. The minimum Gasteiger partial charge on any atom is -0.330 e. The molecule has 3 rings (SSSR count). The molecular weight excluding hydrogens is 352 g/mol. The minimum absolute atomic E-state index is 0.0316. The van der Waals surface area contributed by atoms with Crippen LogP contribution >= 0.6 is 11.6 Å². The first-order valence-corrected chi connectivity index (χ1v) is 8.73. The molecular formula is C18H21ClN6O. The SMILES string of the molecule is CC(C)N(Cc1cnn(C)c1)C(=O)c1cn(Cc2ccc(Cl)cc2)nn1. The van der Waals surface area contributed by atoms with Gasteiger partial charge in [-0.25, -0.2) is 4.68 Å². The van der Waals surface area contributed by atoms with E-state index in [1.807, 2.05) is 51.4 Å². The Hall–Kier alpha value is -2.67. The lowest BCUT2D eigenvalue weighted by Gasteiger charge is -2.25. The Balaban J connectivity index is 1.73. The van der Waals surface area contributed by atoms with E-state index in [2.05, 4.69) is 15.4 Å². The van der Waals surface area contributed by atoms with E-state index in [9.17, 15) is 4.79 Å². The normalized spacial score (nSPS) is 11.1. The molecule has 8 heteroatoms. The van der Waals surface area contributed by atoms with Crippen molar-refractivity contribution in [3.05, 3.63) is 64.7 Å². The Kier molecular flexibility index (Phi) is 5.37. The van der Waals surface area contributed by atoms with Gasteiger partial charge < -0.3 is 4.90 Å². The maximum atomic E-state index is 12.9. The number of aromatic nitrogens is 5. The Labute approximate surface area is 157 Å². The van der Waals surface area contributed by atoms with E-state index in [1.165, 1.54) is 0 Å². The number of benzene rings is 1. The molecule has 0 atom stereocenters. The first kappa shape index (κ1) is 18.1. The zero-order valence-electron chi connectivity index (χ0n) is 15.0. The second-order valence-electron chi connectivity index (χ2n) is 6.48. The lowest BCUT2D eigenvalue weighted by molar-refractivity contribution is 0.0684. The third-order valence-electron chi connectivity index (χ3n) is 4.01. The number of nitrogens with zero attached hydrogens (tertiary/aromatic N) is 6. The van der Waals surface area contributed by atoms with Crippen molar-refractivity contribution in [3.8, 4) is 0 Å². The molecule has 136 valence electrons. The Morgan fingerprint density at radius 1 is 1.19 bits per heavy atom. The summed E-state index contributed by atoms with van der Waals surface area (Å²) in [5.74, 6) is -0.147. The highest BCUT2D eigenvalue weighted by Gasteiger charge is 2.22. The summed E-state index contributed by atoms with van der Waals surface area (Å²) in [4.78, 5) is 14.6. The van der Waals surface area contributed by atoms with Crippen LogP contribution in [-0.2, 0) is 20.1 Å². The van der Waals surface area contributed by atoms with Crippen molar-refractivity contribution in [2.45, 2.75) is 33.0 Å². The summed E-state index contributed by atoms with van der Waals surface area (Å²) in [6.07, 6.45) is 5.34. The summed E-state index contributed by atoms with van der Waals surface area (Å²) < 4.78 is 3.37. The number of hydrogen-bond acceptors (Lipinski definition) is 4. The Morgan fingerprint density at radius 2 is 1.92 bits per heavy atom. The molecule has 0 unspecified atom stereocenters. The van der Waals surface area contributed by atoms with Gasteiger partial charge in [0.15, 0.2) is 5.69 Å². The first-order valence-electron chi connectivity index (χ1n) is 8.35. The van der Waals surface area contributed by atoms with E-state index in [1.54, 1.807) is 26.7 Å². The Morgan fingerprint density at radius 3 is 2.54 bits per heavy atom. The topological polar surface area (TPSA) is 68.8 Å². The van der Waals surface area contributed by atoms with Crippen molar-refractivity contribution in [2.75, 3.05) is 0 Å². The van der Waals surface area contributed by atoms with Gasteiger partial charge in [-0.2, -0.15) is 5.10 Å². The average molecular weight is 373 g/mol. The number of carbonyl (C=O) groups is 1. The highest BCUT2D eigenvalue weighted by Crippen LogP contribution is 2.13. The van der Waals surface area contributed by atoms with Crippen LogP contribution in [0.1, 0.15) is 35.5 Å². The minimum atomic E-state index is -0.147. The quantitative estimate of drug-likeness (QED) is 0.667. The van der Waals surface area contributed by atoms with E-state index < -0.39 is 0 Å². The molecule has 2 aromatic heterocycles. The summed E-state index contributed by atoms with van der Waals surface area (Å²) in [5, 5.41) is 13.0. The fraction of sp³-hybridized carbons (Fsp3) is 0.333. The summed E-state index contributed by atoms with van der Waals surface area (Å²) in [7, 11) is 1.85. The maximum absolute atomic E-state index is 12.9. The molecule has 1 amide bonds. The van der Waals surface area contributed by atoms with E-state index in [4.69, 9.17) is 11.6 Å². The molecule has 0 aliphatic carbocycles. The van der Waals surface area contributed by atoms with Gasteiger partial charge in [-0.1, -0.05) is 28.9 Å². The van der Waals surface area contributed by atoms with Gasteiger partial charge >= 0.3 is 0 Å². The van der Waals surface area contributed by atoms with Gasteiger partial charge in [-0.05, 0) is 31.5 Å². The molecule has 0 N–H and O–H groups in total. The predicted molar refractivity (Wildman–Crippen MR) is 98.8 cm³/mol. The molecule has 0 saturated heterocycles. The largest absolute Gasteiger partial charge is 0.330 e. The molecule has 0 spiro atoms. The van der Waals surface area contributed by atoms with E-state index in [0.717, 1.165) is 11.1 Å². The number of carbonyl (C=O) groups excluding carboxylic acids is 1. The van der Waals surface area contributed by atoms with Gasteiger partial charge in [0.2, 0.25) is 0 Å². The first-order chi connectivity index (χ1) is 12.4. The zero-order chi connectivity index (χ0) is 18.7. The van der Waals surface area contributed by atoms with Crippen molar-refractivity contribution in [2.24, 2.45) is 7.05 Å². The predicted octanol–water partition coefficient (Wildman–Crippen LogP) is 2.76. The van der Waals surface area contributed by atoms with Crippen LogP contribution in [0.3, 0.4) is 0 Å². The van der Waals surface area contributed by atoms with Gasteiger partial charge in [-0.3, -0.25) is 9.48 Å². The number of rotatable bonds is 6. The smallest absolute Gasteiger partial charge is 0.276 e. The molecule has 0 saturated carbocycles. The lowest BCUT2D eigenvalue weighted by atomic mass is 10.2. The average Bonchev–Trinajstić information content (AvgIpc) is 3.23. The summed E-state index contributed by atoms with van der Waals surface area (Å²) in [6, 6.07) is 7.54. The van der Waals surface area contributed by atoms with Crippen molar-refractivity contribution < 1.29 is 4.79 Å². The highest BCUT2D eigenvalue weighted by atomic mass is 35.5. The standard InChI is InChI=1S/C18H21ClN6O/c1-13(2)25(11-15-8-20-23(3)9-15)18(26)17-12-24(22-21-17)10-14-4-6-16(19)7-5-14/h4-9,12-13H,10-11H2,1-3H3. The van der Waals surface area contributed by atoms with Crippen LogP contribution in [0, 0.1) is 0 Å². The number of hydrogen-bond donors (Lipinski definition) is 0.